The van der Waals surface area contributed by atoms with E-state index in [2.05, 4.69) is 42.2 Å². The third kappa shape index (κ3) is 3.62. The Hall–Kier alpha value is -1.86. The van der Waals surface area contributed by atoms with E-state index in [4.69, 9.17) is 4.74 Å². The molecule has 0 aliphatic carbocycles. The molecule has 1 saturated heterocycles. The van der Waals surface area contributed by atoms with E-state index in [1.54, 1.807) is 0 Å². The van der Waals surface area contributed by atoms with Crippen molar-refractivity contribution in [2.75, 3.05) is 32.1 Å². The number of nitrogens with zero attached hydrogens (tertiary/aromatic N) is 4. The molecule has 2 aromatic rings. The van der Waals surface area contributed by atoms with E-state index >= 15 is 0 Å². The molecule has 0 saturated carbocycles. The predicted octanol–water partition coefficient (Wildman–Crippen LogP) is 2.14. The summed E-state index contributed by atoms with van der Waals surface area (Å²) in [5, 5.41) is 9.21. The molecule has 3 rings (SSSR count). The average molecular weight is 346 g/mol. The summed E-state index contributed by atoms with van der Waals surface area (Å²) in [7, 11) is 0. The topological polar surface area (TPSA) is 60.2 Å². The van der Waals surface area contributed by atoms with E-state index in [9.17, 15) is 4.79 Å². The Morgan fingerprint density at radius 2 is 1.96 bits per heavy atom. The van der Waals surface area contributed by atoms with Crippen molar-refractivity contribution in [3.63, 3.8) is 0 Å². The smallest absolute Gasteiger partial charge is 0.233 e. The van der Waals surface area contributed by atoms with Crippen LogP contribution in [0.15, 0.2) is 23.4 Å². The molecule has 1 aromatic carbocycles. The third-order valence-corrected chi connectivity index (χ3v) is 5.00. The summed E-state index contributed by atoms with van der Waals surface area (Å²) in [6, 6.07) is 6.31. The van der Waals surface area contributed by atoms with Gasteiger partial charge in [-0.1, -0.05) is 23.9 Å². The summed E-state index contributed by atoms with van der Waals surface area (Å²) in [5.74, 6) is 1.31. The van der Waals surface area contributed by atoms with Gasteiger partial charge in [-0.15, -0.1) is 10.2 Å². The number of hydrogen-bond acceptors (Lipinski definition) is 5. The maximum atomic E-state index is 12.3. The quantitative estimate of drug-likeness (QED) is 0.794. The molecule has 6 nitrogen and oxygen atoms in total. The molecule has 0 atom stereocenters. The van der Waals surface area contributed by atoms with Crippen molar-refractivity contribution in [1.82, 2.24) is 19.7 Å². The molecule has 0 unspecified atom stereocenters. The molecule has 0 bridgehead atoms. The molecule has 1 aromatic heterocycles. The number of carbonyl (C=O) groups is 1. The van der Waals surface area contributed by atoms with Crippen LogP contribution in [0.4, 0.5) is 0 Å². The molecule has 1 fully saturated rings. The Bertz CT molecular complexity index is 738. The van der Waals surface area contributed by atoms with Crippen LogP contribution in [0.25, 0.3) is 5.69 Å². The Kier molecular flexibility index (Phi) is 5.20. The van der Waals surface area contributed by atoms with Crippen molar-refractivity contribution >= 4 is 17.7 Å². The Morgan fingerprint density at radius 3 is 2.71 bits per heavy atom. The second-order valence-corrected chi connectivity index (χ2v) is 6.88. The van der Waals surface area contributed by atoms with E-state index in [1.165, 1.54) is 17.3 Å². The number of morpholine rings is 1. The third-order valence-electron chi connectivity index (χ3n) is 4.09. The normalized spacial score (nSPS) is 14.9. The van der Waals surface area contributed by atoms with Crippen LogP contribution in [0.5, 0.6) is 0 Å². The highest BCUT2D eigenvalue weighted by Crippen LogP contribution is 2.25. The molecule has 24 heavy (non-hydrogen) atoms. The number of carbonyl (C=O) groups excluding carboxylic acids is 1. The van der Waals surface area contributed by atoms with Crippen molar-refractivity contribution in [3.05, 3.63) is 35.2 Å². The van der Waals surface area contributed by atoms with Crippen LogP contribution >= 0.6 is 11.8 Å². The largest absolute Gasteiger partial charge is 0.378 e. The van der Waals surface area contributed by atoms with Gasteiger partial charge in [-0.05, 0) is 38.0 Å². The van der Waals surface area contributed by atoms with Gasteiger partial charge in [0, 0.05) is 13.1 Å². The first-order valence-electron chi connectivity index (χ1n) is 8.04. The fraction of sp³-hybridized carbons (Fsp3) is 0.471. The van der Waals surface area contributed by atoms with Gasteiger partial charge in [0.25, 0.3) is 0 Å². The van der Waals surface area contributed by atoms with Gasteiger partial charge in [-0.2, -0.15) is 0 Å². The van der Waals surface area contributed by atoms with Gasteiger partial charge in [-0.25, -0.2) is 0 Å². The summed E-state index contributed by atoms with van der Waals surface area (Å²) in [4.78, 5) is 14.2. The molecule has 1 aliphatic heterocycles. The number of aromatic nitrogens is 3. The van der Waals surface area contributed by atoms with Gasteiger partial charge in [0.05, 0.1) is 24.7 Å². The number of amides is 1. The Morgan fingerprint density at radius 1 is 1.21 bits per heavy atom. The average Bonchev–Trinajstić information content (AvgIpc) is 2.96. The van der Waals surface area contributed by atoms with Crippen LogP contribution in [0.2, 0.25) is 0 Å². The van der Waals surface area contributed by atoms with Crippen molar-refractivity contribution in [2.45, 2.75) is 25.9 Å². The molecule has 7 heteroatoms. The van der Waals surface area contributed by atoms with Crippen LogP contribution in [0.1, 0.15) is 17.0 Å². The number of thioether (sulfide) groups is 1. The first kappa shape index (κ1) is 17.0. The monoisotopic (exact) mass is 346 g/mol. The Balaban J connectivity index is 1.77. The molecule has 1 amide bonds. The molecule has 0 spiro atoms. The first-order valence-corrected chi connectivity index (χ1v) is 9.03. The van der Waals surface area contributed by atoms with Crippen molar-refractivity contribution in [3.8, 4) is 5.69 Å². The first-order chi connectivity index (χ1) is 11.6. The minimum atomic E-state index is 0.122. The number of rotatable bonds is 4. The van der Waals surface area contributed by atoms with Gasteiger partial charge >= 0.3 is 0 Å². The van der Waals surface area contributed by atoms with Crippen molar-refractivity contribution < 1.29 is 9.53 Å². The van der Waals surface area contributed by atoms with Crippen molar-refractivity contribution in [1.29, 1.82) is 0 Å². The molecule has 128 valence electrons. The maximum absolute atomic E-state index is 12.3. The van der Waals surface area contributed by atoms with E-state index in [-0.39, 0.29) is 5.91 Å². The predicted molar refractivity (Wildman–Crippen MR) is 93.7 cm³/mol. The molecular formula is C17H22N4O2S. The van der Waals surface area contributed by atoms with E-state index < -0.39 is 0 Å². The lowest BCUT2D eigenvalue weighted by Gasteiger charge is -2.26. The second-order valence-electron chi connectivity index (χ2n) is 5.94. The number of aryl methyl sites for hydroxylation is 3. The molecule has 0 radical (unpaired) electrons. The number of benzene rings is 1. The standard InChI is InChI=1S/C17H22N4O2S/c1-12-4-5-13(2)15(10-12)21-14(3)18-19-17(21)24-11-16(22)20-6-8-23-9-7-20/h4-5,10H,6-9,11H2,1-3H3. The van der Waals surface area contributed by atoms with Crippen molar-refractivity contribution in [2.24, 2.45) is 0 Å². The SMILES string of the molecule is Cc1ccc(C)c(-n2c(C)nnc2SCC(=O)N2CCOCC2)c1. The fourth-order valence-corrected chi connectivity index (χ4v) is 3.60. The van der Waals surface area contributed by atoms with Crippen LogP contribution in [0.3, 0.4) is 0 Å². The van der Waals surface area contributed by atoms with Crippen LogP contribution in [0, 0.1) is 20.8 Å². The molecule has 2 heterocycles. The maximum Gasteiger partial charge on any atom is 0.233 e. The van der Waals surface area contributed by atoms with Gasteiger partial charge < -0.3 is 9.64 Å². The summed E-state index contributed by atoms with van der Waals surface area (Å²) >= 11 is 1.44. The second kappa shape index (κ2) is 7.36. The van der Waals surface area contributed by atoms with Gasteiger partial charge in [0.2, 0.25) is 5.91 Å². The minimum absolute atomic E-state index is 0.122. The molecule has 1 aliphatic rings. The molecule has 0 N–H and O–H groups in total. The van der Waals surface area contributed by atoms with Crippen LogP contribution in [-0.2, 0) is 9.53 Å². The highest BCUT2D eigenvalue weighted by Gasteiger charge is 2.19. The van der Waals surface area contributed by atoms with Crippen LogP contribution in [-0.4, -0.2) is 57.6 Å². The minimum Gasteiger partial charge on any atom is -0.378 e. The number of ether oxygens (including phenoxy) is 1. The van der Waals surface area contributed by atoms with E-state index in [0.717, 1.165) is 22.2 Å². The number of hydrogen-bond donors (Lipinski definition) is 0. The summed E-state index contributed by atoms with van der Waals surface area (Å²) in [6.45, 7) is 8.65. The summed E-state index contributed by atoms with van der Waals surface area (Å²) < 4.78 is 7.32. The van der Waals surface area contributed by atoms with Crippen LogP contribution < -0.4 is 0 Å². The van der Waals surface area contributed by atoms with E-state index in [1.807, 2.05) is 16.4 Å². The summed E-state index contributed by atoms with van der Waals surface area (Å²) in [5.41, 5.74) is 3.41. The lowest BCUT2D eigenvalue weighted by atomic mass is 10.1. The zero-order valence-electron chi connectivity index (χ0n) is 14.3. The summed E-state index contributed by atoms with van der Waals surface area (Å²) in [6.07, 6.45) is 0. The highest BCUT2D eigenvalue weighted by atomic mass is 32.2. The van der Waals surface area contributed by atoms with Gasteiger partial charge in [-0.3, -0.25) is 9.36 Å². The molecular weight excluding hydrogens is 324 g/mol. The zero-order valence-corrected chi connectivity index (χ0v) is 15.1. The van der Waals surface area contributed by atoms with Gasteiger partial charge in [0.1, 0.15) is 5.82 Å². The zero-order chi connectivity index (χ0) is 17.1. The Labute approximate surface area is 146 Å². The lowest BCUT2D eigenvalue weighted by Crippen LogP contribution is -2.41. The highest BCUT2D eigenvalue weighted by molar-refractivity contribution is 7.99. The van der Waals surface area contributed by atoms with E-state index in [0.29, 0.717) is 32.1 Å². The lowest BCUT2D eigenvalue weighted by molar-refractivity contribution is -0.132. The van der Waals surface area contributed by atoms with Gasteiger partial charge in [0.15, 0.2) is 5.16 Å². The fourth-order valence-electron chi connectivity index (χ4n) is 2.70.